The fraction of sp³-hybridized carbons (Fsp3) is 0.320. The highest BCUT2D eigenvalue weighted by Gasteiger charge is 2.24. The molecule has 0 atom stereocenters. The molecule has 1 heterocycles. The van der Waals surface area contributed by atoms with Gasteiger partial charge in [0.25, 0.3) is 11.8 Å². The van der Waals surface area contributed by atoms with E-state index in [0.29, 0.717) is 35.8 Å². The van der Waals surface area contributed by atoms with Gasteiger partial charge in [0.2, 0.25) is 0 Å². The molecule has 4 rings (SSSR count). The van der Waals surface area contributed by atoms with E-state index in [-0.39, 0.29) is 17.6 Å². The maximum atomic E-state index is 13.0. The van der Waals surface area contributed by atoms with Crippen LogP contribution in [0, 0.1) is 0 Å². The lowest BCUT2D eigenvalue weighted by Gasteiger charge is -2.07. The number of amides is 2. The molecule has 7 nitrogen and oxygen atoms in total. The van der Waals surface area contributed by atoms with Crippen molar-refractivity contribution in [1.82, 2.24) is 20.4 Å². The van der Waals surface area contributed by atoms with Crippen LogP contribution in [-0.4, -0.2) is 39.8 Å². The number of phenolic OH excluding ortho intramolecular Hbond substituents is 1. The van der Waals surface area contributed by atoms with Crippen LogP contribution in [-0.2, 0) is 12.8 Å². The molecular weight excluding hydrogens is 440 g/mol. The van der Waals surface area contributed by atoms with Gasteiger partial charge >= 0.3 is 0 Å². The number of nitrogens with one attached hydrogen (secondary N) is 2. The predicted octanol–water partition coefficient (Wildman–Crippen LogP) is 4.05. The molecule has 0 bridgehead atoms. The summed E-state index contributed by atoms with van der Waals surface area (Å²) in [5.74, 6) is -0.406. The minimum atomic E-state index is -0.260. The first-order valence-electron chi connectivity index (χ1n) is 11.2. The number of nitrogens with zero attached hydrogens (tertiary/aromatic N) is 2. The third-order valence-corrected chi connectivity index (χ3v) is 6.00. The van der Waals surface area contributed by atoms with E-state index in [1.807, 2.05) is 28.9 Å². The maximum absolute atomic E-state index is 13.0. The number of carbonyl (C=O) groups is 2. The molecule has 8 heteroatoms. The van der Waals surface area contributed by atoms with Gasteiger partial charge in [-0.15, -0.1) is 0 Å². The first kappa shape index (κ1) is 22.9. The Balaban J connectivity index is 1.38. The van der Waals surface area contributed by atoms with Gasteiger partial charge < -0.3 is 15.7 Å². The van der Waals surface area contributed by atoms with Crippen molar-refractivity contribution in [2.24, 2.45) is 0 Å². The van der Waals surface area contributed by atoms with Crippen LogP contribution in [0.4, 0.5) is 0 Å². The van der Waals surface area contributed by atoms with Gasteiger partial charge in [0.1, 0.15) is 5.75 Å². The van der Waals surface area contributed by atoms with E-state index in [4.69, 9.17) is 11.6 Å². The van der Waals surface area contributed by atoms with Crippen LogP contribution in [0.25, 0.3) is 5.69 Å². The SMILES string of the molecule is O=C(NCCCNC(=O)c1nn(-c2ccc(Cl)cc2)c2c1CCCCC2)c1cccc(O)c1. The monoisotopic (exact) mass is 466 g/mol. The number of hydrogen-bond acceptors (Lipinski definition) is 4. The van der Waals surface area contributed by atoms with Crippen LogP contribution < -0.4 is 10.6 Å². The second-order valence-corrected chi connectivity index (χ2v) is 8.57. The zero-order valence-corrected chi connectivity index (χ0v) is 19.1. The molecule has 0 aliphatic heterocycles. The molecule has 3 N–H and O–H groups in total. The molecule has 0 spiro atoms. The number of aromatic hydroxyl groups is 1. The van der Waals surface area contributed by atoms with Crippen molar-refractivity contribution in [3.8, 4) is 11.4 Å². The van der Waals surface area contributed by atoms with Gasteiger partial charge in [-0.1, -0.05) is 24.1 Å². The van der Waals surface area contributed by atoms with Crippen molar-refractivity contribution < 1.29 is 14.7 Å². The van der Waals surface area contributed by atoms with E-state index in [1.165, 1.54) is 12.1 Å². The second kappa shape index (κ2) is 10.5. The van der Waals surface area contributed by atoms with Crippen LogP contribution in [0.2, 0.25) is 5.02 Å². The topological polar surface area (TPSA) is 96.3 Å². The quantitative estimate of drug-likeness (QED) is 0.361. The zero-order chi connectivity index (χ0) is 23.2. The Morgan fingerprint density at radius 2 is 1.70 bits per heavy atom. The highest BCUT2D eigenvalue weighted by atomic mass is 35.5. The maximum Gasteiger partial charge on any atom is 0.272 e. The molecule has 172 valence electrons. The van der Waals surface area contributed by atoms with E-state index in [0.717, 1.165) is 49.0 Å². The lowest BCUT2D eigenvalue weighted by molar-refractivity contribution is 0.0946. The Hall–Kier alpha value is -3.32. The molecule has 0 radical (unpaired) electrons. The average molecular weight is 467 g/mol. The Bertz CT molecular complexity index is 1140. The number of halogens is 1. The number of phenols is 1. The Morgan fingerprint density at radius 1 is 0.970 bits per heavy atom. The first-order valence-corrected chi connectivity index (χ1v) is 11.6. The molecule has 33 heavy (non-hydrogen) atoms. The van der Waals surface area contributed by atoms with E-state index in [2.05, 4.69) is 15.7 Å². The number of hydrogen-bond donors (Lipinski definition) is 3. The van der Waals surface area contributed by atoms with Crippen molar-refractivity contribution in [3.05, 3.63) is 76.1 Å². The van der Waals surface area contributed by atoms with Gasteiger partial charge in [-0.3, -0.25) is 9.59 Å². The summed E-state index contributed by atoms with van der Waals surface area (Å²) in [7, 11) is 0. The molecule has 0 fully saturated rings. The largest absolute Gasteiger partial charge is 0.508 e. The molecule has 3 aromatic rings. The molecule has 1 aliphatic carbocycles. The number of benzene rings is 2. The highest BCUT2D eigenvalue weighted by Crippen LogP contribution is 2.27. The number of fused-ring (bicyclic) bond motifs is 1. The third kappa shape index (κ3) is 5.54. The summed E-state index contributed by atoms with van der Waals surface area (Å²) in [4.78, 5) is 25.1. The Labute approximate surface area is 197 Å². The van der Waals surface area contributed by atoms with Crippen LogP contribution in [0.5, 0.6) is 5.75 Å². The molecule has 0 saturated heterocycles. The van der Waals surface area contributed by atoms with Crippen molar-refractivity contribution >= 4 is 23.4 Å². The van der Waals surface area contributed by atoms with Crippen molar-refractivity contribution in [2.75, 3.05) is 13.1 Å². The fourth-order valence-electron chi connectivity index (χ4n) is 4.08. The van der Waals surface area contributed by atoms with Gasteiger partial charge in [-0.2, -0.15) is 5.10 Å². The third-order valence-electron chi connectivity index (χ3n) is 5.75. The summed E-state index contributed by atoms with van der Waals surface area (Å²) < 4.78 is 1.88. The molecule has 0 saturated carbocycles. The molecule has 0 unspecified atom stereocenters. The van der Waals surface area contributed by atoms with Gasteiger partial charge in [0, 0.05) is 34.9 Å². The number of carbonyl (C=O) groups excluding carboxylic acids is 2. The van der Waals surface area contributed by atoms with E-state index < -0.39 is 0 Å². The summed E-state index contributed by atoms with van der Waals surface area (Å²) >= 11 is 6.04. The summed E-state index contributed by atoms with van der Waals surface area (Å²) in [5.41, 5.74) is 3.89. The first-order chi connectivity index (χ1) is 16.0. The van der Waals surface area contributed by atoms with Crippen LogP contribution in [0.1, 0.15) is 57.8 Å². The van der Waals surface area contributed by atoms with E-state index >= 15 is 0 Å². The second-order valence-electron chi connectivity index (χ2n) is 8.14. The van der Waals surface area contributed by atoms with Crippen LogP contribution in [0.3, 0.4) is 0 Å². The van der Waals surface area contributed by atoms with Gasteiger partial charge in [0.05, 0.1) is 5.69 Å². The standard InChI is InChI=1S/C25H27ClN4O3/c26-18-10-12-19(13-11-18)30-22-9-3-1-2-8-21(22)23(29-30)25(33)28-15-5-14-27-24(32)17-6-4-7-20(31)16-17/h4,6-7,10-13,16,31H,1-3,5,8-9,14-15H2,(H,27,32)(H,28,33). The Kier molecular flexibility index (Phi) is 7.29. The predicted molar refractivity (Wildman–Crippen MR) is 127 cm³/mol. The van der Waals surface area contributed by atoms with Crippen LogP contribution in [0.15, 0.2) is 48.5 Å². The van der Waals surface area contributed by atoms with Gasteiger partial charge in [0.15, 0.2) is 5.69 Å². The van der Waals surface area contributed by atoms with E-state index in [1.54, 1.807) is 12.1 Å². The molecule has 1 aliphatic rings. The zero-order valence-electron chi connectivity index (χ0n) is 18.3. The molecular formula is C25H27ClN4O3. The van der Waals surface area contributed by atoms with Gasteiger partial charge in [-0.05, 0) is 74.6 Å². The lowest BCUT2D eigenvalue weighted by atomic mass is 10.1. The van der Waals surface area contributed by atoms with Crippen molar-refractivity contribution in [3.63, 3.8) is 0 Å². The fourth-order valence-corrected chi connectivity index (χ4v) is 4.21. The number of rotatable bonds is 7. The molecule has 2 aromatic carbocycles. The van der Waals surface area contributed by atoms with Crippen molar-refractivity contribution in [2.45, 2.75) is 38.5 Å². The van der Waals surface area contributed by atoms with Crippen molar-refractivity contribution in [1.29, 1.82) is 0 Å². The average Bonchev–Trinajstić information content (AvgIpc) is 3.00. The van der Waals surface area contributed by atoms with Crippen LogP contribution >= 0.6 is 11.6 Å². The molecule has 2 amide bonds. The highest BCUT2D eigenvalue weighted by molar-refractivity contribution is 6.30. The summed E-state index contributed by atoms with van der Waals surface area (Å²) in [6.07, 6.45) is 5.56. The molecule has 1 aromatic heterocycles. The normalized spacial score (nSPS) is 13.1. The van der Waals surface area contributed by atoms with Gasteiger partial charge in [-0.25, -0.2) is 4.68 Å². The summed E-state index contributed by atoms with van der Waals surface area (Å²) in [5, 5.41) is 20.6. The number of aromatic nitrogens is 2. The van der Waals surface area contributed by atoms with E-state index in [9.17, 15) is 14.7 Å². The lowest BCUT2D eigenvalue weighted by Crippen LogP contribution is -2.30. The summed E-state index contributed by atoms with van der Waals surface area (Å²) in [6, 6.07) is 13.7. The minimum absolute atomic E-state index is 0.0482. The smallest absolute Gasteiger partial charge is 0.272 e. The summed E-state index contributed by atoms with van der Waals surface area (Å²) in [6.45, 7) is 0.827. The Morgan fingerprint density at radius 3 is 2.45 bits per heavy atom. The minimum Gasteiger partial charge on any atom is -0.508 e.